The van der Waals surface area contributed by atoms with Crippen LogP contribution >= 0.6 is 0 Å². The van der Waals surface area contributed by atoms with Gasteiger partial charge in [0.05, 0.1) is 11.1 Å². The molecule has 0 saturated heterocycles. The van der Waals surface area contributed by atoms with Gasteiger partial charge in [-0.05, 0) is 25.0 Å². The summed E-state index contributed by atoms with van der Waals surface area (Å²) >= 11 is 0. The number of pyridine rings is 1. The normalized spacial score (nSPS) is 16.4. The molecule has 0 bridgehead atoms. The van der Waals surface area contributed by atoms with Crippen molar-refractivity contribution in [1.82, 2.24) is 4.98 Å². The molecule has 0 spiro atoms. The maximum Gasteiger partial charge on any atom is 0.0705 e. The second-order valence-electron chi connectivity index (χ2n) is 5.34. The number of hydrogen-bond donors (Lipinski definition) is 1. The van der Waals surface area contributed by atoms with Gasteiger partial charge in [-0.2, -0.15) is 0 Å². The first-order chi connectivity index (χ1) is 8.53. The molecule has 18 heavy (non-hydrogen) atoms. The molecule has 0 aliphatic rings. The third-order valence-corrected chi connectivity index (χ3v) is 3.87. The van der Waals surface area contributed by atoms with Gasteiger partial charge in [-0.25, -0.2) is 0 Å². The molecule has 0 amide bonds. The third-order valence-electron chi connectivity index (χ3n) is 3.87. The van der Waals surface area contributed by atoms with E-state index >= 15 is 0 Å². The number of para-hydroxylation sites is 1. The molecule has 0 radical (unpaired) electrons. The van der Waals surface area contributed by atoms with E-state index in [1.54, 1.807) is 0 Å². The Balaban J connectivity index is 2.27. The molecule has 1 aromatic heterocycles. The molecule has 96 valence electrons. The molecule has 0 fully saturated rings. The van der Waals surface area contributed by atoms with Gasteiger partial charge in [0, 0.05) is 17.5 Å². The fourth-order valence-corrected chi connectivity index (χ4v) is 2.19. The molecule has 2 unspecified atom stereocenters. The van der Waals surface area contributed by atoms with Crippen LogP contribution in [0.25, 0.3) is 10.9 Å². The van der Waals surface area contributed by atoms with Crippen LogP contribution in [0.15, 0.2) is 36.4 Å². The van der Waals surface area contributed by atoms with Crippen molar-refractivity contribution in [1.29, 1.82) is 0 Å². The lowest BCUT2D eigenvalue weighted by Crippen LogP contribution is -2.35. The van der Waals surface area contributed by atoms with Crippen molar-refractivity contribution in [2.45, 2.75) is 39.2 Å². The number of aliphatic hydroxyl groups is 1. The SMILES string of the molecule is CCC(C)C(C)(O)Cc1ccc2ccccc2n1. The van der Waals surface area contributed by atoms with Crippen molar-refractivity contribution >= 4 is 10.9 Å². The van der Waals surface area contributed by atoms with Gasteiger partial charge in [0.2, 0.25) is 0 Å². The van der Waals surface area contributed by atoms with Gasteiger partial charge < -0.3 is 5.11 Å². The number of fused-ring (bicyclic) bond motifs is 1. The van der Waals surface area contributed by atoms with Gasteiger partial charge in [0.1, 0.15) is 0 Å². The Morgan fingerprint density at radius 2 is 1.94 bits per heavy atom. The molecule has 2 atom stereocenters. The number of nitrogens with zero attached hydrogens (tertiary/aromatic N) is 1. The Hall–Kier alpha value is -1.41. The van der Waals surface area contributed by atoms with Crippen LogP contribution < -0.4 is 0 Å². The maximum absolute atomic E-state index is 10.5. The number of rotatable bonds is 4. The fourth-order valence-electron chi connectivity index (χ4n) is 2.19. The summed E-state index contributed by atoms with van der Waals surface area (Å²) in [5.41, 5.74) is 1.26. The highest BCUT2D eigenvalue weighted by molar-refractivity contribution is 5.78. The fraction of sp³-hybridized carbons (Fsp3) is 0.438. The summed E-state index contributed by atoms with van der Waals surface area (Å²) in [6.07, 6.45) is 1.58. The van der Waals surface area contributed by atoms with E-state index < -0.39 is 5.60 Å². The van der Waals surface area contributed by atoms with E-state index in [-0.39, 0.29) is 5.92 Å². The first-order valence-corrected chi connectivity index (χ1v) is 6.60. The van der Waals surface area contributed by atoms with Crippen molar-refractivity contribution in [3.8, 4) is 0 Å². The van der Waals surface area contributed by atoms with Crippen molar-refractivity contribution in [2.75, 3.05) is 0 Å². The topological polar surface area (TPSA) is 33.1 Å². The zero-order valence-electron chi connectivity index (χ0n) is 11.4. The minimum atomic E-state index is -0.690. The molecule has 0 saturated carbocycles. The summed E-state index contributed by atoms with van der Waals surface area (Å²) in [5.74, 6) is 0.269. The van der Waals surface area contributed by atoms with E-state index in [0.29, 0.717) is 6.42 Å². The van der Waals surface area contributed by atoms with Gasteiger partial charge in [-0.15, -0.1) is 0 Å². The van der Waals surface area contributed by atoms with Crippen LogP contribution in [0.3, 0.4) is 0 Å². The Morgan fingerprint density at radius 3 is 2.67 bits per heavy atom. The zero-order chi connectivity index (χ0) is 13.2. The lowest BCUT2D eigenvalue weighted by molar-refractivity contribution is 0.00440. The van der Waals surface area contributed by atoms with Gasteiger partial charge in [0.15, 0.2) is 0 Å². The first kappa shape index (κ1) is 13.0. The van der Waals surface area contributed by atoms with E-state index in [0.717, 1.165) is 23.0 Å². The molecule has 1 N–H and O–H groups in total. The first-order valence-electron chi connectivity index (χ1n) is 6.60. The average molecular weight is 243 g/mol. The molecular formula is C16H21NO. The van der Waals surface area contributed by atoms with Crippen molar-refractivity contribution < 1.29 is 5.11 Å². The van der Waals surface area contributed by atoms with Crippen LogP contribution in [0.1, 0.15) is 32.9 Å². The summed E-state index contributed by atoms with van der Waals surface area (Å²) in [5, 5.41) is 11.6. The lowest BCUT2D eigenvalue weighted by atomic mass is 9.84. The largest absolute Gasteiger partial charge is 0.389 e. The molecule has 0 aliphatic heterocycles. The average Bonchev–Trinajstić information content (AvgIpc) is 2.37. The highest BCUT2D eigenvalue weighted by Crippen LogP contribution is 2.24. The van der Waals surface area contributed by atoms with Crippen LogP contribution in [-0.2, 0) is 6.42 Å². The predicted octanol–water partition coefficient (Wildman–Crippen LogP) is 3.57. The molecule has 1 aromatic carbocycles. The van der Waals surface area contributed by atoms with Gasteiger partial charge in [0.25, 0.3) is 0 Å². The van der Waals surface area contributed by atoms with Crippen LogP contribution in [0.4, 0.5) is 0 Å². The van der Waals surface area contributed by atoms with Crippen LogP contribution in [0.2, 0.25) is 0 Å². The van der Waals surface area contributed by atoms with Crippen molar-refractivity contribution in [2.24, 2.45) is 5.92 Å². The van der Waals surface area contributed by atoms with E-state index in [9.17, 15) is 5.11 Å². The second kappa shape index (κ2) is 5.07. The van der Waals surface area contributed by atoms with E-state index in [1.165, 1.54) is 0 Å². The maximum atomic E-state index is 10.5. The molecular weight excluding hydrogens is 222 g/mol. The number of aromatic nitrogens is 1. The van der Waals surface area contributed by atoms with E-state index in [1.807, 2.05) is 31.2 Å². The molecule has 0 aliphatic carbocycles. The van der Waals surface area contributed by atoms with Crippen LogP contribution in [-0.4, -0.2) is 15.7 Å². The zero-order valence-corrected chi connectivity index (χ0v) is 11.4. The molecule has 2 aromatic rings. The van der Waals surface area contributed by atoms with E-state index in [2.05, 4.69) is 31.0 Å². The van der Waals surface area contributed by atoms with Gasteiger partial charge >= 0.3 is 0 Å². The van der Waals surface area contributed by atoms with Crippen molar-refractivity contribution in [3.63, 3.8) is 0 Å². The standard InChI is InChI=1S/C16H21NO/c1-4-12(2)16(3,18)11-14-10-9-13-7-5-6-8-15(13)17-14/h5-10,12,18H,4,11H2,1-3H3. The molecule has 2 nitrogen and oxygen atoms in total. The molecule has 2 rings (SSSR count). The van der Waals surface area contributed by atoms with E-state index in [4.69, 9.17) is 0 Å². The predicted molar refractivity (Wildman–Crippen MR) is 75.5 cm³/mol. The molecule has 1 heterocycles. The summed E-state index contributed by atoms with van der Waals surface area (Å²) in [4.78, 5) is 4.62. The molecule has 2 heteroatoms. The smallest absolute Gasteiger partial charge is 0.0705 e. The Morgan fingerprint density at radius 1 is 1.22 bits per heavy atom. The minimum Gasteiger partial charge on any atom is -0.389 e. The lowest BCUT2D eigenvalue weighted by Gasteiger charge is -2.29. The number of hydrogen-bond acceptors (Lipinski definition) is 2. The van der Waals surface area contributed by atoms with Gasteiger partial charge in [-0.1, -0.05) is 44.5 Å². The Bertz CT molecular complexity index is 533. The quantitative estimate of drug-likeness (QED) is 0.890. The third kappa shape index (κ3) is 2.70. The summed E-state index contributed by atoms with van der Waals surface area (Å²) < 4.78 is 0. The summed E-state index contributed by atoms with van der Waals surface area (Å²) in [6, 6.07) is 12.2. The Kier molecular flexibility index (Phi) is 3.67. The highest BCUT2D eigenvalue weighted by atomic mass is 16.3. The van der Waals surface area contributed by atoms with Crippen LogP contribution in [0, 0.1) is 5.92 Å². The van der Waals surface area contributed by atoms with Crippen LogP contribution in [0.5, 0.6) is 0 Å². The summed E-state index contributed by atoms with van der Waals surface area (Å²) in [7, 11) is 0. The second-order valence-corrected chi connectivity index (χ2v) is 5.34. The van der Waals surface area contributed by atoms with Crippen molar-refractivity contribution in [3.05, 3.63) is 42.1 Å². The minimum absolute atomic E-state index is 0.269. The number of benzene rings is 1. The van der Waals surface area contributed by atoms with Gasteiger partial charge in [-0.3, -0.25) is 4.98 Å². The highest BCUT2D eigenvalue weighted by Gasteiger charge is 2.27. The monoisotopic (exact) mass is 243 g/mol. The summed E-state index contributed by atoms with van der Waals surface area (Å²) in [6.45, 7) is 6.09. The Labute approximate surface area is 109 Å².